The smallest absolute Gasteiger partial charge is 0.196 e. The van der Waals surface area contributed by atoms with Crippen molar-refractivity contribution in [2.75, 3.05) is 18.0 Å². The lowest BCUT2D eigenvalue weighted by Crippen LogP contribution is -2.13. The highest BCUT2D eigenvalue weighted by molar-refractivity contribution is 7.99. The van der Waals surface area contributed by atoms with Crippen LogP contribution in [0.3, 0.4) is 0 Å². The Morgan fingerprint density at radius 2 is 1.95 bits per heavy atom. The van der Waals surface area contributed by atoms with Gasteiger partial charge >= 0.3 is 0 Å². The lowest BCUT2D eigenvalue weighted by Gasteiger charge is -2.10. The Balaban J connectivity index is 2.30. The first-order valence-corrected chi connectivity index (χ1v) is 6.97. The van der Waals surface area contributed by atoms with Gasteiger partial charge in [-0.3, -0.25) is 0 Å². The number of hydrogen-bond acceptors (Lipinski definition) is 6. The predicted octanol–water partition coefficient (Wildman–Crippen LogP) is 2.04. The van der Waals surface area contributed by atoms with Crippen molar-refractivity contribution >= 4 is 23.4 Å². The number of anilines is 2. The van der Waals surface area contributed by atoms with Gasteiger partial charge in [0.1, 0.15) is 17.5 Å². The summed E-state index contributed by atoms with van der Waals surface area (Å²) in [5, 5.41) is 3.52. The second-order valence-corrected chi connectivity index (χ2v) is 5.11. The molecule has 5 N–H and O–H groups in total. The van der Waals surface area contributed by atoms with Crippen LogP contribution in [0.1, 0.15) is 12.5 Å². The number of hydrogen-bond donors (Lipinski definition) is 3. The fraction of sp³-hybridized carbons (Fsp3) is 0.231. The van der Waals surface area contributed by atoms with Crippen LogP contribution in [0.4, 0.5) is 16.0 Å². The third-order valence-electron chi connectivity index (χ3n) is 2.57. The van der Waals surface area contributed by atoms with E-state index < -0.39 is 0 Å². The third-order valence-corrected chi connectivity index (χ3v) is 3.54. The SMILES string of the molecule is CCNCc1c(F)cccc1Sc1nc(N)cc(N)n1. The minimum atomic E-state index is -0.257. The third kappa shape index (κ3) is 3.58. The Hall–Kier alpha value is -1.86. The first kappa shape index (κ1) is 14.5. The van der Waals surface area contributed by atoms with Gasteiger partial charge in [0.25, 0.3) is 0 Å². The van der Waals surface area contributed by atoms with E-state index in [1.165, 1.54) is 23.9 Å². The maximum absolute atomic E-state index is 13.9. The Labute approximate surface area is 121 Å². The van der Waals surface area contributed by atoms with Crippen LogP contribution in [0.5, 0.6) is 0 Å². The maximum Gasteiger partial charge on any atom is 0.196 e. The Morgan fingerprint density at radius 1 is 1.25 bits per heavy atom. The van der Waals surface area contributed by atoms with Crippen LogP contribution in [-0.2, 0) is 6.54 Å². The highest BCUT2D eigenvalue weighted by atomic mass is 32.2. The topological polar surface area (TPSA) is 89.8 Å². The first-order chi connectivity index (χ1) is 9.60. The Morgan fingerprint density at radius 3 is 2.60 bits per heavy atom. The summed E-state index contributed by atoms with van der Waals surface area (Å²) in [4.78, 5) is 8.92. The van der Waals surface area contributed by atoms with Crippen molar-refractivity contribution in [2.45, 2.75) is 23.5 Å². The molecule has 0 aliphatic rings. The van der Waals surface area contributed by atoms with Gasteiger partial charge in [-0.1, -0.05) is 13.0 Å². The molecule has 106 valence electrons. The van der Waals surface area contributed by atoms with Crippen LogP contribution in [0.25, 0.3) is 0 Å². The van der Waals surface area contributed by atoms with Crippen LogP contribution in [0, 0.1) is 5.82 Å². The largest absolute Gasteiger partial charge is 0.383 e. The monoisotopic (exact) mass is 293 g/mol. The summed E-state index contributed by atoms with van der Waals surface area (Å²) >= 11 is 1.24. The van der Waals surface area contributed by atoms with Gasteiger partial charge in [-0.2, -0.15) is 0 Å². The van der Waals surface area contributed by atoms with E-state index in [2.05, 4.69) is 15.3 Å². The second-order valence-electron chi connectivity index (χ2n) is 4.10. The average Bonchev–Trinajstić information content (AvgIpc) is 2.37. The van der Waals surface area contributed by atoms with Crippen molar-refractivity contribution in [3.63, 3.8) is 0 Å². The van der Waals surface area contributed by atoms with E-state index in [1.54, 1.807) is 6.07 Å². The molecule has 1 heterocycles. The normalized spacial score (nSPS) is 10.7. The molecule has 0 bridgehead atoms. The second kappa shape index (κ2) is 6.53. The molecule has 0 saturated carbocycles. The standard InChI is InChI=1S/C13H16FN5S/c1-2-17-7-8-9(14)4-3-5-10(8)20-13-18-11(15)6-12(16)19-13/h3-6,17H,2,7H2,1H3,(H4,15,16,18,19). The van der Waals surface area contributed by atoms with E-state index in [9.17, 15) is 4.39 Å². The summed E-state index contributed by atoms with van der Waals surface area (Å²) in [5.41, 5.74) is 11.8. The van der Waals surface area contributed by atoms with E-state index >= 15 is 0 Å². The van der Waals surface area contributed by atoms with Gasteiger partial charge in [0, 0.05) is 23.1 Å². The molecule has 2 rings (SSSR count). The molecule has 2 aromatic rings. The maximum atomic E-state index is 13.9. The van der Waals surface area contributed by atoms with E-state index in [1.807, 2.05) is 13.0 Å². The van der Waals surface area contributed by atoms with Crippen LogP contribution >= 0.6 is 11.8 Å². The minimum Gasteiger partial charge on any atom is -0.383 e. The number of nitrogens with zero attached hydrogens (tertiary/aromatic N) is 2. The molecule has 0 fully saturated rings. The van der Waals surface area contributed by atoms with E-state index in [4.69, 9.17) is 11.5 Å². The zero-order chi connectivity index (χ0) is 14.5. The summed E-state index contributed by atoms with van der Waals surface area (Å²) in [5.74, 6) is 0.335. The summed E-state index contributed by atoms with van der Waals surface area (Å²) in [6.07, 6.45) is 0. The molecule has 0 spiro atoms. The van der Waals surface area contributed by atoms with E-state index in [-0.39, 0.29) is 5.82 Å². The van der Waals surface area contributed by atoms with Crippen molar-refractivity contribution in [2.24, 2.45) is 0 Å². The molecule has 1 aromatic heterocycles. The van der Waals surface area contributed by atoms with Crippen LogP contribution in [-0.4, -0.2) is 16.5 Å². The first-order valence-electron chi connectivity index (χ1n) is 6.16. The molecular weight excluding hydrogens is 277 g/mol. The highest BCUT2D eigenvalue weighted by Crippen LogP contribution is 2.30. The summed E-state index contributed by atoms with van der Waals surface area (Å²) in [6.45, 7) is 3.18. The molecule has 0 radical (unpaired) electrons. The molecule has 0 amide bonds. The molecule has 0 unspecified atom stereocenters. The number of nitrogens with one attached hydrogen (secondary N) is 1. The van der Waals surface area contributed by atoms with Crippen molar-refractivity contribution in [3.05, 3.63) is 35.6 Å². The van der Waals surface area contributed by atoms with Gasteiger partial charge in [0.15, 0.2) is 5.16 Å². The molecule has 1 aromatic carbocycles. The number of nitrogens with two attached hydrogens (primary N) is 2. The summed E-state index contributed by atoms with van der Waals surface area (Å²) < 4.78 is 13.9. The van der Waals surface area contributed by atoms with Gasteiger partial charge in [-0.05, 0) is 30.4 Å². The van der Waals surface area contributed by atoms with Crippen molar-refractivity contribution in [1.82, 2.24) is 15.3 Å². The van der Waals surface area contributed by atoms with Crippen molar-refractivity contribution < 1.29 is 4.39 Å². The molecule has 0 atom stereocenters. The van der Waals surface area contributed by atoms with Gasteiger partial charge in [0.2, 0.25) is 0 Å². The summed E-state index contributed by atoms with van der Waals surface area (Å²) in [7, 11) is 0. The molecule has 0 aliphatic carbocycles. The number of aromatic nitrogens is 2. The molecule has 0 saturated heterocycles. The van der Waals surface area contributed by atoms with E-state index in [0.29, 0.717) is 28.9 Å². The molecular formula is C13H16FN5S. The van der Waals surface area contributed by atoms with Crippen LogP contribution < -0.4 is 16.8 Å². The number of benzene rings is 1. The summed E-state index contributed by atoms with van der Waals surface area (Å²) in [6, 6.07) is 6.40. The predicted molar refractivity (Wildman–Crippen MR) is 78.8 cm³/mol. The van der Waals surface area contributed by atoms with Gasteiger partial charge in [-0.25, -0.2) is 14.4 Å². The van der Waals surface area contributed by atoms with Crippen LogP contribution in [0.15, 0.2) is 34.3 Å². The average molecular weight is 293 g/mol. The molecule has 20 heavy (non-hydrogen) atoms. The van der Waals surface area contributed by atoms with E-state index in [0.717, 1.165) is 11.4 Å². The lowest BCUT2D eigenvalue weighted by molar-refractivity contribution is 0.585. The van der Waals surface area contributed by atoms with Gasteiger partial charge in [-0.15, -0.1) is 0 Å². The van der Waals surface area contributed by atoms with Crippen molar-refractivity contribution in [1.29, 1.82) is 0 Å². The molecule has 5 nitrogen and oxygen atoms in total. The highest BCUT2D eigenvalue weighted by Gasteiger charge is 2.11. The van der Waals surface area contributed by atoms with Crippen LogP contribution in [0.2, 0.25) is 0 Å². The van der Waals surface area contributed by atoms with Gasteiger partial charge in [0.05, 0.1) is 0 Å². The minimum absolute atomic E-state index is 0.257. The molecule has 0 aliphatic heterocycles. The number of halogens is 1. The zero-order valence-corrected chi connectivity index (χ0v) is 11.9. The number of nitrogen functional groups attached to an aromatic ring is 2. The Bertz CT molecular complexity index is 585. The lowest BCUT2D eigenvalue weighted by atomic mass is 10.2. The Kier molecular flexibility index (Phi) is 4.75. The van der Waals surface area contributed by atoms with Gasteiger partial charge < -0.3 is 16.8 Å². The molecule has 7 heteroatoms. The fourth-order valence-electron chi connectivity index (χ4n) is 1.66. The zero-order valence-electron chi connectivity index (χ0n) is 11.1. The number of rotatable bonds is 5. The fourth-order valence-corrected chi connectivity index (χ4v) is 2.60. The van der Waals surface area contributed by atoms with Crippen molar-refractivity contribution in [3.8, 4) is 0 Å². The quantitative estimate of drug-likeness (QED) is 0.731.